The monoisotopic (exact) mass is 376 g/mol. The Kier molecular flexibility index (Phi) is 5.44. The molecule has 1 N–H and O–H groups in total. The van der Waals surface area contributed by atoms with Crippen LogP contribution in [0.4, 0.5) is 11.4 Å². The Morgan fingerprint density at radius 3 is 2.50 bits per heavy atom. The zero-order chi connectivity index (χ0) is 19.3. The highest BCUT2D eigenvalue weighted by Gasteiger charge is 2.17. The molecule has 144 valence electrons. The van der Waals surface area contributed by atoms with Crippen molar-refractivity contribution in [3.63, 3.8) is 0 Å². The van der Waals surface area contributed by atoms with Crippen LogP contribution in [0, 0.1) is 0 Å². The molecule has 1 fully saturated rings. The second-order valence-corrected chi connectivity index (χ2v) is 6.87. The van der Waals surface area contributed by atoms with E-state index in [-0.39, 0.29) is 5.91 Å². The standard InChI is InChI=1S/C23H24N2O3/c1-17(28-22-8-4-6-18-5-2-3-7-21(18)22)23(26)24-19-9-11-20(12-10-19)25-13-15-27-16-14-25/h2-12,17H,13-16H2,1H3,(H,24,26). The van der Waals surface area contributed by atoms with Gasteiger partial charge in [-0.3, -0.25) is 4.79 Å². The molecule has 3 aromatic carbocycles. The lowest BCUT2D eigenvalue weighted by Crippen LogP contribution is -2.36. The maximum atomic E-state index is 12.6. The minimum Gasteiger partial charge on any atom is -0.480 e. The van der Waals surface area contributed by atoms with Crippen LogP contribution in [0.3, 0.4) is 0 Å². The fraction of sp³-hybridized carbons (Fsp3) is 0.261. The number of morpholine rings is 1. The van der Waals surface area contributed by atoms with E-state index in [0.717, 1.165) is 48.5 Å². The first-order valence-corrected chi connectivity index (χ1v) is 9.59. The van der Waals surface area contributed by atoms with E-state index in [1.165, 1.54) is 0 Å². The average molecular weight is 376 g/mol. The van der Waals surface area contributed by atoms with Crippen LogP contribution >= 0.6 is 0 Å². The molecule has 0 aromatic heterocycles. The Hall–Kier alpha value is -3.05. The van der Waals surface area contributed by atoms with E-state index in [9.17, 15) is 4.79 Å². The van der Waals surface area contributed by atoms with E-state index >= 15 is 0 Å². The molecule has 1 saturated heterocycles. The van der Waals surface area contributed by atoms with Gasteiger partial charge >= 0.3 is 0 Å². The van der Waals surface area contributed by atoms with Crippen molar-refractivity contribution in [2.75, 3.05) is 36.5 Å². The number of amides is 1. The van der Waals surface area contributed by atoms with E-state index in [2.05, 4.69) is 10.2 Å². The van der Waals surface area contributed by atoms with Crippen LogP contribution in [-0.2, 0) is 9.53 Å². The average Bonchev–Trinajstić information content (AvgIpc) is 2.75. The first-order valence-electron chi connectivity index (χ1n) is 9.59. The van der Waals surface area contributed by atoms with Crippen molar-refractivity contribution in [2.45, 2.75) is 13.0 Å². The molecule has 5 heteroatoms. The van der Waals surface area contributed by atoms with Crippen molar-refractivity contribution in [3.8, 4) is 5.75 Å². The summed E-state index contributed by atoms with van der Waals surface area (Å²) < 4.78 is 11.3. The number of carbonyl (C=O) groups excluding carboxylic acids is 1. The van der Waals surface area contributed by atoms with Crippen molar-refractivity contribution >= 4 is 28.1 Å². The minimum atomic E-state index is -0.607. The summed E-state index contributed by atoms with van der Waals surface area (Å²) in [6.45, 7) is 5.05. The number of benzene rings is 3. The first kappa shape index (κ1) is 18.3. The Balaban J connectivity index is 1.40. The van der Waals surface area contributed by atoms with E-state index in [0.29, 0.717) is 5.75 Å². The lowest BCUT2D eigenvalue weighted by Gasteiger charge is -2.29. The zero-order valence-electron chi connectivity index (χ0n) is 15.9. The van der Waals surface area contributed by atoms with Gasteiger partial charge in [0, 0.05) is 29.9 Å². The lowest BCUT2D eigenvalue weighted by molar-refractivity contribution is -0.122. The van der Waals surface area contributed by atoms with Gasteiger partial charge in [-0.15, -0.1) is 0 Å². The topological polar surface area (TPSA) is 50.8 Å². The number of ether oxygens (including phenoxy) is 2. The highest BCUT2D eigenvalue weighted by molar-refractivity contribution is 5.95. The Bertz CT molecular complexity index is 944. The molecule has 1 unspecified atom stereocenters. The molecule has 1 heterocycles. The predicted molar refractivity (Wildman–Crippen MR) is 112 cm³/mol. The molecule has 1 atom stereocenters. The fourth-order valence-corrected chi connectivity index (χ4v) is 3.36. The van der Waals surface area contributed by atoms with Gasteiger partial charge < -0.3 is 19.7 Å². The molecule has 1 amide bonds. The third-order valence-electron chi connectivity index (χ3n) is 4.93. The number of nitrogens with zero attached hydrogens (tertiary/aromatic N) is 1. The zero-order valence-corrected chi connectivity index (χ0v) is 15.9. The normalized spacial score (nSPS) is 15.2. The van der Waals surface area contributed by atoms with Crippen molar-refractivity contribution in [1.82, 2.24) is 0 Å². The van der Waals surface area contributed by atoms with Gasteiger partial charge in [-0.2, -0.15) is 0 Å². The number of hydrogen-bond acceptors (Lipinski definition) is 4. The van der Waals surface area contributed by atoms with Crippen molar-refractivity contribution < 1.29 is 14.3 Å². The molecule has 0 spiro atoms. The Morgan fingerprint density at radius 2 is 1.71 bits per heavy atom. The van der Waals surface area contributed by atoms with Gasteiger partial charge in [-0.05, 0) is 42.6 Å². The third-order valence-corrected chi connectivity index (χ3v) is 4.93. The molecule has 5 nitrogen and oxygen atoms in total. The quantitative estimate of drug-likeness (QED) is 0.729. The Labute approximate surface area is 164 Å². The van der Waals surface area contributed by atoms with Gasteiger partial charge in [0.1, 0.15) is 5.75 Å². The molecule has 0 aliphatic carbocycles. The summed E-state index contributed by atoms with van der Waals surface area (Å²) in [5, 5.41) is 5.02. The molecule has 3 aromatic rings. The van der Waals surface area contributed by atoms with Gasteiger partial charge in [-0.25, -0.2) is 0 Å². The van der Waals surface area contributed by atoms with Crippen LogP contribution in [0.15, 0.2) is 66.7 Å². The van der Waals surface area contributed by atoms with Crippen LogP contribution < -0.4 is 15.0 Å². The van der Waals surface area contributed by atoms with Crippen LogP contribution in [0.5, 0.6) is 5.75 Å². The first-order chi connectivity index (χ1) is 13.7. The summed E-state index contributed by atoms with van der Waals surface area (Å²) in [6.07, 6.45) is -0.607. The third kappa shape index (κ3) is 4.10. The number of rotatable bonds is 5. The van der Waals surface area contributed by atoms with E-state index in [1.807, 2.05) is 66.7 Å². The van der Waals surface area contributed by atoms with E-state index in [1.54, 1.807) is 6.92 Å². The molecular weight excluding hydrogens is 352 g/mol. The summed E-state index contributed by atoms with van der Waals surface area (Å²) in [4.78, 5) is 14.9. The maximum absolute atomic E-state index is 12.6. The molecule has 4 rings (SSSR count). The summed E-state index contributed by atoms with van der Waals surface area (Å²) >= 11 is 0. The van der Waals surface area contributed by atoms with E-state index < -0.39 is 6.10 Å². The van der Waals surface area contributed by atoms with Gasteiger partial charge in [-0.1, -0.05) is 36.4 Å². The second kappa shape index (κ2) is 8.31. The summed E-state index contributed by atoms with van der Waals surface area (Å²) in [5.74, 6) is 0.537. The van der Waals surface area contributed by atoms with Crippen LogP contribution in [0.25, 0.3) is 10.8 Å². The predicted octanol–water partition coefficient (Wildman–Crippen LogP) is 4.08. The molecule has 28 heavy (non-hydrogen) atoms. The number of anilines is 2. The fourth-order valence-electron chi connectivity index (χ4n) is 3.36. The molecule has 0 radical (unpaired) electrons. The highest BCUT2D eigenvalue weighted by atomic mass is 16.5. The van der Waals surface area contributed by atoms with Gasteiger partial charge in [0.05, 0.1) is 13.2 Å². The Morgan fingerprint density at radius 1 is 1.00 bits per heavy atom. The molecular formula is C23H24N2O3. The molecule has 1 aliphatic heterocycles. The number of hydrogen-bond donors (Lipinski definition) is 1. The van der Waals surface area contributed by atoms with Gasteiger partial charge in [0.15, 0.2) is 6.10 Å². The molecule has 1 aliphatic rings. The van der Waals surface area contributed by atoms with E-state index in [4.69, 9.17) is 9.47 Å². The second-order valence-electron chi connectivity index (χ2n) is 6.87. The van der Waals surface area contributed by atoms with Crippen molar-refractivity contribution in [3.05, 3.63) is 66.7 Å². The number of fused-ring (bicyclic) bond motifs is 1. The van der Waals surface area contributed by atoms with Gasteiger partial charge in [0.2, 0.25) is 0 Å². The number of nitrogens with one attached hydrogen (secondary N) is 1. The SMILES string of the molecule is CC(Oc1cccc2ccccc12)C(=O)Nc1ccc(N2CCOCC2)cc1. The lowest BCUT2D eigenvalue weighted by atomic mass is 10.1. The van der Waals surface area contributed by atoms with Crippen LogP contribution in [0.1, 0.15) is 6.92 Å². The van der Waals surface area contributed by atoms with Crippen molar-refractivity contribution in [1.29, 1.82) is 0 Å². The summed E-state index contributed by atoms with van der Waals surface area (Å²) in [7, 11) is 0. The summed E-state index contributed by atoms with van der Waals surface area (Å²) in [6, 6.07) is 21.7. The highest BCUT2D eigenvalue weighted by Crippen LogP contribution is 2.26. The smallest absolute Gasteiger partial charge is 0.265 e. The van der Waals surface area contributed by atoms with Crippen molar-refractivity contribution in [2.24, 2.45) is 0 Å². The summed E-state index contributed by atoms with van der Waals surface area (Å²) in [5.41, 5.74) is 1.90. The maximum Gasteiger partial charge on any atom is 0.265 e. The van der Waals surface area contributed by atoms with Gasteiger partial charge in [0.25, 0.3) is 5.91 Å². The molecule has 0 bridgehead atoms. The van der Waals surface area contributed by atoms with Crippen LogP contribution in [-0.4, -0.2) is 38.3 Å². The minimum absolute atomic E-state index is 0.174. The largest absolute Gasteiger partial charge is 0.480 e. The molecule has 0 saturated carbocycles. The number of carbonyl (C=O) groups is 1. The van der Waals surface area contributed by atoms with Crippen LogP contribution in [0.2, 0.25) is 0 Å².